The smallest absolute Gasteiger partial charge is 0.387 e. The summed E-state index contributed by atoms with van der Waals surface area (Å²) < 4.78 is 31.7. The van der Waals surface area contributed by atoms with Crippen molar-refractivity contribution in [2.75, 3.05) is 12.3 Å². The maximum atomic E-state index is 13.6. The van der Waals surface area contributed by atoms with Crippen LogP contribution in [0.15, 0.2) is 71.7 Å². The first-order chi connectivity index (χ1) is 17.3. The number of aromatic nitrogens is 2. The van der Waals surface area contributed by atoms with E-state index in [1.807, 2.05) is 61.5 Å². The molecule has 5 atom stereocenters. The van der Waals surface area contributed by atoms with Gasteiger partial charge in [-0.1, -0.05) is 54.6 Å². The molecular formula is C24H29N4O7P. The summed E-state index contributed by atoms with van der Waals surface area (Å²) in [6.07, 6.45) is -3.88. The Kier molecular flexibility index (Phi) is 8.32. The third-order valence-corrected chi connectivity index (χ3v) is 7.35. The number of benzene rings is 2. The Morgan fingerprint density at radius 2 is 1.81 bits per heavy atom. The van der Waals surface area contributed by atoms with Crippen molar-refractivity contribution in [2.24, 2.45) is 0 Å². The second-order valence-electron chi connectivity index (χ2n) is 8.40. The highest BCUT2D eigenvalue weighted by Gasteiger charge is 2.45. The van der Waals surface area contributed by atoms with Crippen molar-refractivity contribution in [3.8, 4) is 0 Å². The van der Waals surface area contributed by atoms with Crippen LogP contribution < -0.4 is 16.5 Å². The van der Waals surface area contributed by atoms with Crippen molar-refractivity contribution in [3.05, 3.63) is 94.0 Å². The maximum absolute atomic E-state index is 13.6. The highest BCUT2D eigenvalue weighted by atomic mass is 31.2. The normalized spacial score (nSPS) is 23.4. The number of aliphatic hydroxyl groups excluding tert-OH is 2. The van der Waals surface area contributed by atoms with Crippen LogP contribution in [-0.4, -0.2) is 44.7 Å². The zero-order chi connectivity index (χ0) is 25.7. The zero-order valence-corrected chi connectivity index (χ0v) is 20.5. The van der Waals surface area contributed by atoms with Gasteiger partial charge in [0, 0.05) is 12.7 Å². The minimum Gasteiger partial charge on any atom is -0.387 e. The largest absolute Gasteiger partial charge is 0.406 e. The highest BCUT2D eigenvalue weighted by molar-refractivity contribution is 7.51. The minimum atomic E-state index is -3.90. The van der Waals surface area contributed by atoms with Crippen molar-refractivity contribution in [1.29, 1.82) is 0 Å². The molecule has 5 N–H and O–H groups in total. The van der Waals surface area contributed by atoms with Crippen LogP contribution in [0.4, 0.5) is 5.82 Å². The SMILES string of the molecule is Cc1ccccc1COP(=O)(NCc1ccccc1)OCC1OC(n2ccc(N)nc2=O)C(O)C1O. The van der Waals surface area contributed by atoms with E-state index >= 15 is 0 Å². The van der Waals surface area contributed by atoms with Crippen LogP contribution in [-0.2, 0) is 31.5 Å². The summed E-state index contributed by atoms with van der Waals surface area (Å²) in [6.45, 7) is 1.77. The Hall–Kier alpha value is -2.89. The summed E-state index contributed by atoms with van der Waals surface area (Å²) in [7, 11) is -3.90. The van der Waals surface area contributed by atoms with E-state index in [0.29, 0.717) is 0 Å². The topological polar surface area (TPSA) is 158 Å². The van der Waals surface area contributed by atoms with Gasteiger partial charge in [-0.25, -0.2) is 14.4 Å². The van der Waals surface area contributed by atoms with Gasteiger partial charge in [0.05, 0.1) is 13.2 Å². The van der Waals surface area contributed by atoms with Crippen LogP contribution in [0.3, 0.4) is 0 Å². The van der Waals surface area contributed by atoms with Crippen LogP contribution in [0.5, 0.6) is 0 Å². The van der Waals surface area contributed by atoms with E-state index in [1.54, 1.807) is 0 Å². The van der Waals surface area contributed by atoms with Crippen molar-refractivity contribution < 1.29 is 28.6 Å². The molecule has 192 valence electrons. The number of hydrogen-bond donors (Lipinski definition) is 4. The third-order valence-electron chi connectivity index (χ3n) is 5.84. The van der Waals surface area contributed by atoms with Gasteiger partial charge < -0.3 is 20.7 Å². The molecule has 1 aromatic heterocycles. The lowest BCUT2D eigenvalue weighted by molar-refractivity contribution is -0.0534. The molecule has 0 spiro atoms. The van der Waals surface area contributed by atoms with Crippen LogP contribution in [0.2, 0.25) is 0 Å². The number of nitrogens with one attached hydrogen (secondary N) is 1. The highest BCUT2D eigenvalue weighted by Crippen LogP contribution is 2.46. The van der Waals surface area contributed by atoms with Crippen LogP contribution in [0, 0.1) is 6.92 Å². The molecule has 12 heteroatoms. The quantitative estimate of drug-likeness (QED) is 0.293. The Balaban J connectivity index is 1.46. The zero-order valence-electron chi connectivity index (χ0n) is 19.6. The number of hydrogen-bond acceptors (Lipinski definition) is 9. The van der Waals surface area contributed by atoms with E-state index in [1.165, 1.54) is 12.3 Å². The van der Waals surface area contributed by atoms with Crippen molar-refractivity contribution in [3.63, 3.8) is 0 Å². The minimum absolute atomic E-state index is 0.0143. The summed E-state index contributed by atoms with van der Waals surface area (Å²) in [4.78, 5) is 15.8. The molecule has 3 aromatic rings. The van der Waals surface area contributed by atoms with E-state index in [-0.39, 0.29) is 25.6 Å². The predicted octanol–water partition coefficient (Wildman–Crippen LogP) is 1.88. The fourth-order valence-corrected chi connectivity index (χ4v) is 5.01. The van der Waals surface area contributed by atoms with Crippen LogP contribution in [0.25, 0.3) is 0 Å². The van der Waals surface area contributed by atoms with Gasteiger partial charge in [-0.3, -0.25) is 13.6 Å². The lowest BCUT2D eigenvalue weighted by Gasteiger charge is -2.22. The number of aliphatic hydroxyl groups is 2. The van der Waals surface area contributed by atoms with Gasteiger partial charge >= 0.3 is 13.4 Å². The standard InChI is InChI=1S/C24H29N4O7P/c1-16-7-5-6-10-18(16)14-33-36(32,26-13-17-8-3-2-4-9-17)34-15-19-21(29)22(30)23(35-19)28-12-11-20(25)27-24(28)31/h2-12,19,21-23,29-30H,13-15H2,1H3,(H,26,32)(H2,25,27,31). The van der Waals surface area contributed by atoms with Crippen LogP contribution in [0.1, 0.15) is 22.9 Å². The van der Waals surface area contributed by atoms with Crippen molar-refractivity contribution >= 4 is 13.6 Å². The number of nitrogen functional groups attached to an aromatic ring is 1. The van der Waals surface area contributed by atoms with E-state index in [9.17, 15) is 19.6 Å². The summed E-state index contributed by atoms with van der Waals surface area (Å²) >= 11 is 0. The molecule has 0 saturated carbocycles. The number of aryl methyl sites for hydroxylation is 1. The monoisotopic (exact) mass is 516 g/mol. The van der Waals surface area contributed by atoms with Gasteiger partial charge in [-0.2, -0.15) is 4.98 Å². The molecule has 0 radical (unpaired) electrons. The van der Waals surface area contributed by atoms with Crippen molar-refractivity contribution in [2.45, 2.75) is 44.6 Å². The lowest BCUT2D eigenvalue weighted by atomic mass is 10.1. The third kappa shape index (κ3) is 6.26. The number of ether oxygens (including phenoxy) is 1. The summed E-state index contributed by atoms with van der Waals surface area (Å²) in [5, 5.41) is 23.8. The molecule has 0 bridgehead atoms. The molecule has 11 nitrogen and oxygen atoms in total. The molecule has 1 fully saturated rings. The number of nitrogens with zero attached hydrogens (tertiary/aromatic N) is 2. The molecule has 1 aliphatic rings. The number of rotatable bonds is 10. The average molecular weight is 516 g/mol. The molecule has 5 unspecified atom stereocenters. The molecule has 4 rings (SSSR count). The van der Waals surface area contributed by atoms with E-state index in [4.69, 9.17) is 19.5 Å². The molecule has 1 saturated heterocycles. The van der Waals surface area contributed by atoms with Gasteiger partial charge in [0.25, 0.3) is 0 Å². The van der Waals surface area contributed by atoms with E-state index in [0.717, 1.165) is 21.3 Å². The van der Waals surface area contributed by atoms with Gasteiger partial charge in [-0.15, -0.1) is 0 Å². The Morgan fingerprint density at radius 3 is 2.53 bits per heavy atom. The van der Waals surface area contributed by atoms with E-state index in [2.05, 4.69) is 10.1 Å². The number of anilines is 1. The molecule has 1 aliphatic heterocycles. The second kappa shape index (κ2) is 11.4. The van der Waals surface area contributed by atoms with Crippen LogP contribution >= 0.6 is 7.75 Å². The molecule has 0 amide bonds. The molecule has 0 aliphatic carbocycles. The Labute approximate surface area is 208 Å². The molecule has 36 heavy (non-hydrogen) atoms. The summed E-state index contributed by atoms with van der Waals surface area (Å²) in [5.74, 6) is 0.0143. The molecular weight excluding hydrogens is 487 g/mol. The molecule has 2 aromatic carbocycles. The first kappa shape index (κ1) is 26.2. The van der Waals surface area contributed by atoms with E-state index < -0.39 is 38.0 Å². The van der Waals surface area contributed by atoms with Gasteiger partial charge in [0.1, 0.15) is 24.1 Å². The summed E-state index contributed by atoms with van der Waals surface area (Å²) in [5.41, 5.74) is 7.44. The maximum Gasteiger partial charge on any atom is 0.406 e. The molecule has 2 heterocycles. The summed E-state index contributed by atoms with van der Waals surface area (Å²) in [6, 6.07) is 18.2. The fraction of sp³-hybridized carbons (Fsp3) is 0.333. The van der Waals surface area contributed by atoms with Gasteiger partial charge in [-0.05, 0) is 29.7 Å². The first-order valence-corrected chi connectivity index (χ1v) is 12.9. The van der Waals surface area contributed by atoms with Gasteiger partial charge in [0.2, 0.25) is 0 Å². The lowest BCUT2D eigenvalue weighted by Crippen LogP contribution is -2.36. The fourth-order valence-electron chi connectivity index (χ4n) is 3.73. The van der Waals surface area contributed by atoms with Crippen molar-refractivity contribution in [1.82, 2.24) is 14.6 Å². The van der Waals surface area contributed by atoms with Gasteiger partial charge in [0.15, 0.2) is 6.23 Å². The number of nitrogens with two attached hydrogens (primary N) is 1. The Bertz CT molecular complexity index is 1270. The Morgan fingerprint density at radius 1 is 1.08 bits per heavy atom. The predicted molar refractivity (Wildman–Crippen MR) is 132 cm³/mol. The second-order valence-corrected chi connectivity index (χ2v) is 10.2. The average Bonchev–Trinajstić information content (AvgIpc) is 3.15. The first-order valence-electron chi connectivity index (χ1n) is 11.3.